The Hall–Kier alpha value is -3.96. The van der Waals surface area contributed by atoms with Crippen molar-refractivity contribution in [1.29, 1.82) is 5.26 Å². The first-order valence-corrected chi connectivity index (χ1v) is 15.2. The maximum atomic E-state index is 13.8. The zero-order chi connectivity index (χ0) is 29.9. The van der Waals surface area contributed by atoms with Gasteiger partial charge < -0.3 is 14.8 Å². The van der Waals surface area contributed by atoms with Crippen LogP contribution in [0.3, 0.4) is 0 Å². The molecule has 1 saturated heterocycles. The molecule has 6 rings (SSSR count). The highest BCUT2D eigenvalue weighted by Crippen LogP contribution is 2.37. The summed E-state index contributed by atoms with van der Waals surface area (Å²) in [4.78, 5) is 11.9. The molecule has 1 aliphatic rings. The lowest BCUT2D eigenvalue weighted by atomic mass is 9.89. The number of hydrogen-bond acceptors (Lipinski definition) is 5. The second-order valence-corrected chi connectivity index (χ2v) is 11.8. The van der Waals surface area contributed by atoms with E-state index in [9.17, 15) is 9.65 Å². The lowest BCUT2D eigenvalue weighted by molar-refractivity contribution is 0.194. The van der Waals surface area contributed by atoms with Crippen molar-refractivity contribution < 1.29 is 4.39 Å². The number of halogens is 3. The number of fused-ring (bicyclic) bond motifs is 1. The lowest BCUT2D eigenvalue weighted by Crippen LogP contribution is -2.34. The molecule has 0 spiro atoms. The van der Waals surface area contributed by atoms with E-state index in [0.717, 1.165) is 49.3 Å². The number of pyridine rings is 1. The van der Waals surface area contributed by atoms with Crippen LogP contribution in [0.1, 0.15) is 54.1 Å². The smallest absolute Gasteiger partial charge is 0.141 e. The summed E-state index contributed by atoms with van der Waals surface area (Å²) in [6.45, 7) is 5.51. The second-order valence-electron chi connectivity index (χ2n) is 11.0. The van der Waals surface area contributed by atoms with E-state index < -0.39 is 5.82 Å². The van der Waals surface area contributed by atoms with Gasteiger partial charge in [-0.05, 0) is 67.3 Å². The zero-order valence-corrected chi connectivity index (χ0v) is 25.3. The van der Waals surface area contributed by atoms with Crippen molar-refractivity contribution in [3.8, 4) is 6.07 Å². The maximum Gasteiger partial charge on any atom is 0.141 e. The first-order chi connectivity index (χ1) is 20.9. The van der Waals surface area contributed by atoms with Crippen molar-refractivity contribution >= 4 is 45.5 Å². The molecule has 1 fully saturated rings. The summed E-state index contributed by atoms with van der Waals surface area (Å²) >= 11 is 12.9. The Balaban J connectivity index is 1.37. The summed E-state index contributed by atoms with van der Waals surface area (Å²) in [6, 6.07) is 21.4. The molecule has 0 radical (unpaired) electrons. The van der Waals surface area contributed by atoms with Gasteiger partial charge in [0, 0.05) is 48.5 Å². The summed E-state index contributed by atoms with van der Waals surface area (Å²) < 4.78 is 16.1. The molecule has 0 bridgehead atoms. The number of piperidine rings is 1. The van der Waals surface area contributed by atoms with Gasteiger partial charge in [-0.15, -0.1) is 0 Å². The predicted molar refractivity (Wildman–Crippen MR) is 171 cm³/mol. The van der Waals surface area contributed by atoms with Crippen molar-refractivity contribution in [3.63, 3.8) is 0 Å². The topological polar surface area (TPSA) is 69.8 Å². The Morgan fingerprint density at radius 2 is 1.84 bits per heavy atom. The largest absolute Gasteiger partial charge is 0.354 e. The SMILES string of the molecule is CCN1CCC(n2cnc(C(Cc3cc(Cl)c4ncc(C#N)c(Nc5ccc(F)c(Cl)c5)c4c3)c3ccccc3)c2)CC1. The van der Waals surface area contributed by atoms with Crippen molar-refractivity contribution in [2.75, 3.05) is 25.0 Å². The summed E-state index contributed by atoms with van der Waals surface area (Å²) in [5.74, 6) is -0.524. The van der Waals surface area contributed by atoms with Gasteiger partial charge in [-0.2, -0.15) is 5.26 Å². The number of aromatic nitrogens is 3. The summed E-state index contributed by atoms with van der Waals surface area (Å²) in [5, 5.41) is 14.3. The quantitative estimate of drug-likeness (QED) is 0.190. The molecule has 218 valence electrons. The Morgan fingerprint density at radius 1 is 1.05 bits per heavy atom. The Labute approximate surface area is 260 Å². The minimum absolute atomic E-state index is 0.00822. The molecule has 9 heteroatoms. The number of rotatable bonds is 8. The van der Waals surface area contributed by atoms with Crippen LogP contribution < -0.4 is 5.32 Å². The van der Waals surface area contributed by atoms with Crippen LogP contribution in [0.15, 0.2) is 79.4 Å². The van der Waals surface area contributed by atoms with Crippen LogP contribution in [0, 0.1) is 17.1 Å². The third-order valence-electron chi connectivity index (χ3n) is 8.34. The summed E-state index contributed by atoms with van der Waals surface area (Å²) in [7, 11) is 0. The minimum atomic E-state index is -0.515. The molecule has 2 aromatic heterocycles. The van der Waals surface area contributed by atoms with Crippen LogP contribution in [0.4, 0.5) is 15.8 Å². The molecule has 0 amide bonds. The van der Waals surface area contributed by atoms with Gasteiger partial charge in [0.1, 0.15) is 11.9 Å². The van der Waals surface area contributed by atoms with E-state index in [1.807, 2.05) is 36.7 Å². The molecule has 1 N–H and O–H groups in total. The number of anilines is 2. The normalized spacial score (nSPS) is 15.0. The highest BCUT2D eigenvalue weighted by Gasteiger charge is 2.24. The standard InChI is InChI=1S/C34H31Cl2FN6/c1-2-42-12-10-26(11-13-42)43-20-32(40-21-43)27(23-6-4-3-5-7-23)14-22-15-28-33(41-25-8-9-31(37)29(35)17-25)24(18-38)19-39-34(28)30(36)16-22/h3-9,15-17,19-21,26-27H,2,10-14H2,1H3,(H,39,41). The molecule has 6 nitrogen and oxygen atoms in total. The number of imidazole rings is 1. The average Bonchev–Trinajstić information content (AvgIpc) is 3.52. The van der Waals surface area contributed by atoms with Crippen LogP contribution >= 0.6 is 23.2 Å². The van der Waals surface area contributed by atoms with Crippen LogP contribution in [0.5, 0.6) is 0 Å². The minimum Gasteiger partial charge on any atom is -0.354 e. The number of hydrogen-bond donors (Lipinski definition) is 1. The fourth-order valence-electron chi connectivity index (χ4n) is 5.95. The Bertz CT molecular complexity index is 1790. The van der Waals surface area contributed by atoms with Crippen LogP contribution in [0.25, 0.3) is 10.9 Å². The van der Waals surface area contributed by atoms with Gasteiger partial charge >= 0.3 is 0 Å². The van der Waals surface area contributed by atoms with Crippen molar-refractivity contribution in [1.82, 2.24) is 19.4 Å². The third kappa shape index (κ3) is 6.23. The van der Waals surface area contributed by atoms with Gasteiger partial charge in [0.2, 0.25) is 0 Å². The summed E-state index contributed by atoms with van der Waals surface area (Å²) in [5.41, 5.74) is 5.14. The molecule has 0 saturated carbocycles. The van der Waals surface area contributed by atoms with Crippen LogP contribution in [-0.2, 0) is 6.42 Å². The van der Waals surface area contributed by atoms with Gasteiger partial charge in [-0.1, -0.05) is 60.5 Å². The zero-order valence-electron chi connectivity index (χ0n) is 23.8. The average molecular weight is 614 g/mol. The highest BCUT2D eigenvalue weighted by atomic mass is 35.5. The van der Waals surface area contributed by atoms with Gasteiger partial charge in [0.25, 0.3) is 0 Å². The Morgan fingerprint density at radius 3 is 2.56 bits per heavy atom. The number of nitrogens with one attached hydrogen (secondary N) is 1. The van der Waals surface area contributed by atoms with Crippen molar-refractivity contribution in [2.45, 2.75) is 38.1 Å². The predicted octanol–water partition coefficient (Wildman–Crippen LogP) is 8.52. The highest BCUT2D eigenvalue weighted by molar-refractivity contribution is 6.35. The molecule has 1 unspecified atom stereocenters. The lowest BCUT2D eigenvalue weighted by Gasteiger charge is -2.31. The molecule has 1 atom stereocenters. The first-order valence-electron chi connectivity index (χ1n) is 14.5. The summed E-state index contributed by atoms with van der Waals surface area (Å²) in [6.07, 6.45) is 8.54. The number of benzene rings is 3. The fraction of sp³-hybridized carbons (Fsp3) is 0.265. The monoisotopic (exact) mass is 612 g/mol. The maximum absolute atomic E-state index is 13.8. The van der Waals surface area contributed by atoms with Crippen molar-refractivity contribution in [3.05, 3.63) is 118 Å². The van der Waals surface area contributed by atoms with Crippen molar-refractivity contribution in [2.24, 2.45) is 0 Å². The first kappa shape index (κ1) is 29.1. The van der Waals surface area contributed by atoms with Gasteiger partial charge in [-0.25, -0.2) is 9.37 Å². The van der Waals surface area contributed by atoms with E-state index in [2.05, 4.69) is 51.1 Å². The van der Waals surface area contributed by atoms with E-state index in [0.29, 0.717) is 45.3 Å². The molecule has 3 heterocycles. The number of likely N-dealkylation sites (tertiary alicyclic amines) is 1. The van der Waals surface area contributed by atoms with Gasteiger partial charge in [0.15, 0.2) is 0 Å². The van der Waals surface area contributed by atoms with E-state index in [1.165, 1.54) is 18.3 Å². The third-order valence-corrected chi connectivity index (χ3v) is 8.92. The number of nitrogens with zero attached hydrogens (tertiary/aromatic N) is 5. The molecule has 1 aliphatic heterocycles. The molecule has 3 aromatic carbocycles. The molecule has 43 heavy (non-hydrogen) atoms. The molecular weight excluding hydrogens is 582 g/mol. The molecule has 0 aliphatic carbocycles. The van der Waals surface area contributed by atoms with Gasteiger partial charge in [0.05, 0.1) is 38.8 Å². The molecule has 5 aromatic rings. The van der Waals surface area contributed by atoms with E-state index in [-0.39, 0.29) is 10.9 Å². The Kier molecular flexibility index (Phi) is 8.62. The van der Waals surface area contributed by atoms with Crippen LogP contribution in [0.2, 0.25) is 10.0 Å². The van der Waals surface area contributed by atoms with Gasteiger partial charge in [-0.3, -0.25) is 4.98 Å². The van der Waals surface area contributed by atoms with E-state index in [4.69, 9.17) is 28.2 Å². The van der Waals surface area contributed by atoms with E-state index in [1.54, 1.807) is 6.07 Å². The number of nitriles is 1. The van der Waals surface area contributed by atoms with Crippen LogP contribution in [-0.4, -0.2) is 39.1 Å². The van der Waals surface area contributed by atoms with E-state index >= 15 is 0 Å². The fourth-order valence-corrected chi connectivity index (χ4v) is 6.42. The second kappa shape index (κ2) is 12.7. The molecular formula is C34H31Cl2FN6.